The van der Waals surface area contributed by atoms with Crippen LogP contribution in [0.3, 0.4) is 0 Å². The van der Waals surface area contributed by atoms with Crippen molar-refractivity contribution in [3.63, 3.8) is 0 Å². The molecule has 0 saturated carbocycles. The standard InChI is InChI=1S/C9H14N2O2/c12-9(13)7-3-2-6-11(7)8-4-1-5-10-8/h7H,1-6H2,(H,12,13)/t7-/m0/s1. The Labute approximate surface area is 77.3 Å². The lowest BCUT2D eigenvalue weighted by Crippen LogP contribution is -2.39. The van der Waals surface area contributed by atoms with Gasteiger partial charge in [0, 0.05) is 19.5 Å². The van der Waals surface area contributed by atoms with E-state index in [0.717, 1.165) is 44.6 Å². The van der Waals surface area contributed by atoms with Crippen LogP contribution < -0.4 is 0 Å². The lowest BCUT2D eigenvalue weighted by atomic mass is 10.2. The third-order valence-electron chi connectivity index (χ3n) is 2.72. The van der Waals surface area contributed by atoms with Crippen LogP contribution in [-0.4, -0.2) is 40.9 Å². The number of hydrogen-bond donors (Lipinski definition) is 1. The summed E-state index contributed by atoms with van der Waals surface area (Å²) >= 11 is 0. The first kappa shape index (κ1) is 8.53. The van der Waals surface area contributed by atoms with Gasteiger partial charge in [0.15, 0.2) is 0 Å². The minimum atomic E-state index is -0.702. The molecule has 1 fully saturated rings. The Bertz CT molecular complexity index is 250. The number of aliphatic imine (C=N–C) groups is 1. The number of aliphatic carboxylic acids is 1. The molecule has 1 saturated heterocycles. The van der Waals surface area contributed by atoms with Gasteiger partial charge in [-0.15, -0.1) is 0 Å². The van der Waals surface area contributed by atoms with Crippen molar-refractivity contribution in [1.82, 2.24) is 4.90 Å². The SMILES string of the molecule is O=C(O)[C@@H]1CCCN1C1=NCCC1. The fourth-order valence-corrected chi connectivity index (χ4v) is 2.09. The van der Waals surface area contributed by atoms with Crippen molar-refractivity contribution in [2.75, 3.05) is 13.1 Å². The van der Waals surface area contributed by atoms with Crippen LogP contribution in [0.5, 0.6) is 0 Å². The van der Waals surface area contributed by atoms with E-state index in [4.69, 9.17) is 5.11 Å². The monoisotopic (exact) mass is 182 g/mol. The maximum atomic E-state index is 10.9. The number of hydrogen-bond acceptors (Lipinski definition) is 3. The van der Waals surface area contributed by atoms with Gasteiger partial charge in [-0.3, -0.25) is 4.99 Å². The van der Waals surface area contributed by atoms with Crippen LogP contribution in [-0.2, 0) is 4.79 Å². The molecular weight excluding hydrogens is 168 g/mol. The molecule has 2 aliphatic rings. The Morgan fingerprint density at radius 3 is 3.00 bits per heavy atom. The predicted octanol–water partition coefficient (Wildman–Crippen LogP) is 0.728. The molecule has 2 heterocycles. The largest absolute Gasteiger partial charge is 0.480 e. The van der Waals surface area contributed by atoms with E-state index in [1.165, 1.54) is 0 Å². The second-order valence-corrected chi connectivity index (χ2v) is 3.59. The Hall–Kier alpha value is -1.06. The number of nitrogens with zero attached hydrogens (tertiary/aromatic N) is 2. The van der Waals surface area contributed by atoms with E-state index < -0.39 is 5.97 Å². The highest BCUT2D eigenvalue weighted by Crippen LogP contribution is 2.21. The number of carboxylic acid groups (broad SMARTS) is 1. The van der Waals surface area contributed by atoms with Gasteiger partial charge in [0.1, 0.15) is 6.04 Å². The summed E-state index contributed by atoms with van der Waals surface area (Å²) in [6, 6.07) is -0.308. The minimum Gasteiger partial charge on any atom is -0.480 e. The summed E-state index contributed by atoms with van der Waals surface area (Å²) in [6.07, 6.45) is 3.80. The molecule has 0 spiro atoms. The first-order valence-electron chi connectivity index (χ1n) is 4.82. The van der Waals surface area contributed by atoms with Gasteiger partial charge in [-0.05, 0) is 19.3 Å². The van der Waals surface area contributed by atoms with Gasteiger partial charge in [-0.2, -0.15) is 0 Å². The van der Waals surface area contributed by atoms with Crippen molar-refractivity contribution in [2.24, 2.45) is 4.99 Å². The second-order valence-electron chi connectivity index (χ2n) is 3.59. The molecular formula is C9H14N2O2. The maximum absolute atomic E-state index is 10.9. The average Bonchev–Trinajstić information content (AvgIpc) is 2.74. The number of carboxylic acids is 1. The summed E-state index contributed by atoms with van der Waals surface area (Å²) < 4.78 is 0. The summed E-state index contributed by atoms with van der Waals surface area (Å²) in [5.74, 6) is 0.317. The van der Waals surface area contributed by atoms with Gasteiger partial charge in [-0.25, -0.2) is 4.79 Å². The summed E-state index contributed by atoms with van der Waals surface area (Å²) in [5.41, 5.74) is 0. The summed E-state index contributed by atoms with van der Waals surface area (Å²) in [5, 5.41) is 8.95. The van der Waals surface area contributed by atoms with E-state index in [-0.39, 0.29) is 6.04 Å². The van der Waals surface area contributed by atoms with E-state index in [2.05, 4.69) is 4.99 Å². The molecule has 0 amide bonds. The average molecular weight is 182 g/mol. The smallest absolute Gasteiger partial charge is 0.326 e. The topological polar surface area (TPSA) is 52.9 Å². The molecule has 2 rings (SSSR count). The first-order valence-corrected chi connectivity index (χ1v) is 4.82. The molecule has 0 unspecified atom stereocenters. The third-order valence-corrected chi connectivity index (χ3v) is 2.72. The number of amidine groups is 1. The molecule has 4 heteroatoms. The fourth-order valence-electron chi connectivity index (χ4n) is 2.09. The fraction of sp³-hybridized carbons (Fsp3) is 0.778. The van der Waals surface area contributed by atoms with E-state index in [0.29, 0.717) is 0 Å². The maximum Gasteiger partial charge on any atom is 0.326 e. The highest BCUT2D eigenvalue weighted by atomic mass is 16.4. The molecule has 0 aliphatic carbocycles. The van der Waals surface area contributed by atoms with Crippen molar-refractivity contribution in [3.8, 4) is 0 Å². The summed E-state index contributed by atoms with van der Waals surface area (Å²) in [4.78, 5) is 17.2. The lowest BCUT2D eigenvalue weighted by molar-refractivity contribution is -0.140. The number of carbonyl (C=O) groups is 1. The van der Waals surface area contributed by atoms with Crippen molar-refractivity contribution in [3.05, 3.63) is 0 Å². The zero-order valence-electron chi connectivity index (χ0n) is 7.57. The minimum absolute atomic E-state index is 0.308. The summed E-state index contributed by atoms with van der Waals surface area (Å²) in [6.45, 7) is 1.74. The van der Waals surface area contributed by atoms with Gasteiger partial charge in [-0.1, -0.05) is 0 Å². The van der Waals surface area contributed by atoms with E-state index in [1.807, 2.05) is 4.90 Å². The molecule has 0 aromatic carbocycles. The first-order chi connectivity index (χ1) is 6.29. The molecule has 4 nitrogen and oxygen atoms in total. The van der Waals surface area contributed by atoms with Crippen molar-refractivity contribution in [2.45, 2.75) is 31.7 Å². The van der Waals surface area contributed by atoms with Crippen LogP contribution in [0.1, 0.15) is 25.7 Å². The zero-order valence-corrected chi connectivity index (χ0v) is 7.57. The van der Waals surface area contributed by atoms with Crippen LogP contribution in [0, 0.1) is 0 Å². The van der Waals surface area contributed by atoms with Gasteiger partial charge < -0.3 is 10.0 Å². The van der Waals surface area contributed by atoms with Gasteiger partial charge in [0.25, 0.3) is 0 Å². The number of rotatable bonds is 1. The molecule has 0 radical (unpaired) electrons. The highest BCUT2D eigenvalue weighted by molar-refractivity contribution is 5.88. The second kappa shape index (κ2) is 3.36. The van der Waals surface area contributed by atoms with Gasteiger partial charge in [0.2, 0.25) is 0 Å². The summed E-state index contributed by atoms with van der Waals surface area (Å²) in [7, 11) is 0. The molecule has 13 heavy (non-hydrogen) atoms. The van der Waals surface area contributed by atoms with E-state index in [1.54, 1.807) is 0 Å². The zero-order chi connectivity index (χ0) is 9.26. The third kappa shape index (κ3) is 1.53. The van der Waals surface area contributed by atoms with E-state index >= 15 is 0 Å². The van der Waals surface area contributed by atoms with Gasteiger partial charge in [0.05, 0.1) is 5.84 Å². The molecule has 0 aromatic rings. The Morgan fingerprint density at radius 1 is 1.54 bits per heavy atom. The van der Waals surface area contributed by atoms with Crippen LogP contribution in [0.4, 0.5) is 0 Å². The van der Waals surface area contributed by atoms with Crippen molar-refractivity contribution < 1.29 is 9.90 Å². The highest BCUT2D eigenvalue weighted by Gasteiger charge is 2.32. The molecule has 2 aliphatic heterocycles. The molecule has 72 valence electrons. The Kier molecular flexibility index (Phi) is 2.20. The number of likely N-dealkylation sites (tertiary alicyclic amines) is 1. The quantitative estimate of drug-likeness (QED) is 0.650. The molecule has 0 aromatic heterocycles. The predicted molar refractivity (Wildman–Crippen MR) is 48.9 cm³/mol. The van der Waals surface area contributed by atoms with Crippen molar-refractivity contribution >= 4 is 11.8 Å². The Morgan fingerprint density at radius 2 is 2.38 bits per heavy atom. The lowest BCUT2D eigenvalue weighted by Gasteiger charge is -2.22. The van der Waals surface area contributed by atoms with E-state index in [9.17, 15) is 4.79 Å². The van der Waals surface area contributed by atoms with Crippen LogP contribution in [0.2, 0.25) is 0 Å². The normalized spacial score (nSPS) is 27.8. The molecule has 1 N–H and O–H groups in total. The molecule has 0 bridgehead atoms. The van der Waals surface area contributed by atoms with Crippen LogP contribution in [0.25, 0.3) is 0 Å². The van der Waals surface area contributed by atoms with Crippen LogP contribution in [0.15, 0.2) is 4.99 Å². The van der Waals surface area contributed by atoms with Crippen LogP contribution >= 0.6 is 0 Å². The Balaban J connectivity index is 2.08. The van der Waals surface area contributed by atoms with Crippen molar-refractivity contribution in [1.29, 1.82) is 0 Å². The van der Waals surface area contributed by atoms with Gasteiger partial charge >= 0.3 is 5.97 Å². The molecule has 1 atom stereocenters.